The molecule has 0 aliphatic carbocycles. The topological polar surface area (TPSA) is 55.8 Å². The van der Waals surface area contributed by atoms with Crippen LogP contribution in [0.3, 0.4) is 0 Å². The van der Waals surface area contributed by atoms with Gasteiger partial charge in [-0.15, -0.1) is 0 Å². The van der Waals surface area contributed by atoms with Crippen molar-refractivity contribution in [1.29, 1.82) is 0 Å². The third-order valence-electron chi connectivity index (χ3n) is 1.62. The van der Waals surface area contributed by atoms with Crippen LogP contribution in [-0.2, 0) is 0 Å². The molecule has 0 radical (unpaired) electrons. The standard InChI is InChI=1S/C8H6O4/c9-8(10)5-1-2-6-7(3-5)12-4-11-6/h1-3H,4H2,(H,9,10)/i8+1. The van der Waals surface area contributed by atoms with E-state index in [1.807, 2.05) is 0 Å². The fourth-order valence-electron chi connectivity index (χ4n) is 1.03. The first-order chi connectivity index (χ1) is 5.77. The van der Waals surface area contributed by atoms with Crippen LogP contribution in [0.4, 0.5) is 0 Å². The van der Waals surface area contributed by atoms with Crippen LogP contribution >= 0.6 is 0 Å². The van der Waals surface area contributed by atoms with Crippen molar-refractivity contribution in [1.82, 2.24) is 0 Å². The van der Waals surface area contributed by atoms with Crippen molar-refractivity contribution in [3.63, 3.8) is 0 Å². The zero-order valence-corrected chi connectivity index (χ0v) is 6.11. The van der Waals surface area contributed by atoms with Crippen LogP contribution in [0.15, 0.2) is 18.2 Å². The summed E-state index contributed by atoms with van der Waals surface area (Å²) < 4.78 is 10.0. The fourth-order valence-corrected chi connectivity index (χ4v) is 1.03. The molecule has 0 bridgehead atoms. The van der Waals surface area contributed by atoms with Gasteiger partial charge in [0.25, 0.3) is 0 Å². The molecule has 62 valence electrons. The summed E-state index contributed by atoms with van der Waals surface area (Å²) >= 11 is 0. The van der Waals surface area contributed by atoms with Crippen LogP contribution in [0.2, 0.25) is 0 Å². The van der Waals surface area contributed by atoms with Gasteiger partial charge in [0.15, 0.2) is 11.5 Å². The second-order valence-corrected chi connectivity index (χ2v) is 2.37. The third kappa shape index (κ3) is 0.972. The fraction of sp³-hybridized carbons (Fsp3) is 0.125. The number of carboxylic acid groups (broad SMARTS) is 1. The Labute approximate surface area is 68.3 Å². The monoisotopic (exact) mass is 167 g/mol. The van der Waals surface area contributed by atoms with E-state index in [9.17, 15) is 4.79 Å². The Hall–Kier alpha value is -1.71. The minimum absolute atomic E-state index is 0.165. The second-order valence-electron chi connectivity index (χ2n) is 2.37. The van der Waals surface area contributed by atoms with Crippen LogP contribution in [0.25, 0.3) is 0 Å². The molecule has 0 unspecified atom stereocenters. The van der Waals surface area contributed by atoms with Gasteiger partial charge in [0, 0.05) is 0 Å². The van der Waals surface area contributed by atoms with Gasteiger partial charge in [-0.1, -0.05) is 0 Å². The molecule has 2 rings (SSSR count). The number of benzene rings is 1. The van der Waals surface area contributed by atoms with Gasteiger partial charge in [0.1, 0.15) is 0 Å². The van der Waals surface area contributed by atoms with Gasteiger partial charge in [0.05, 0.1) is 5.56 Å². The number of carbonyl (C=O) groups is 1. The molecule has 1 aromatic rings. The van der Waals surface area contributed by atoms with Crippen molar-refractivity contribution < 1.29 is 19.4 Å². The lowest BCUT2D eigenvalue weighted by molar-refractivity contribution is 0.0696. The summed E-state index contributed by atoms with van der Waals surface area (Å²) in [6, 6.07) is 4.52. The van der Waals surface area contributed by atoms with Gasteiger partial charge in [-0.3, -0.25) is 0 Å². The highest BCUT2D eigenvalue weighted by molar-refractivity contribution is 5.88. The van der Waals surface area contributed by atoms with E-state index in [0.717, 1.165) is 0 Å². The lowest BCUT2D eigenvalue weighted by Gasteiger charge is -1.96. The maximum Gasteiger partial charge on any atom is 0.335 e. The Morgan fingerprint density at radius 1 is 1.33 bits per heavy atom. The Balaban J connectivity index is 2.45. The molecular formula is C8H6O4. The summed E-state index contributed by atoms with van der Waals surface area (Å²) in [5, 5.41) is 8.62. The summed E-state index contributed by atoms with van der Waals surface area (Å²) in [4.78, 5) is 10.5. The van der Waals surface area contributed by atoms with Gasteiger partial charge in [-0.25, -0.2) is 4.79 Å². The van der Waals surface area contributed by atoms with E-state index < -0.39 is 5.97 Å². The minimum atomic E-state index is -0.965. The van der Waals surface area contributed by atoms with E-state index in [4.69, 9.17) is 14.6 Å². The molecule has 4 nitrogen and oxygen atoms in total. The molecule has 0 fully saturated rings. The van der Waals surface area contributed by atoms with Gasteiger partial charge in [-0.05, 0) is 18.2 Å². The summed E-state index contributed by atoms with van der Waals surface area (Å²) in [7, 11) is 0. The smallest absolute Gasteiger partial charge is 0.335 e. The zero-order chi connectivity index (χ0) is 8.55. The summed E-state index contributed by atoms with van der Waals surface area (Å²) in [5.41, 5.74) is 0.208. The maximum atomic E-state index is 10.5. The highest BCUT2D eigenvalue weighted by atomic mass is 16.7. The second kappa shape index (κ2) is 2.41. The molecule has 1 aliphatic heterocycles. The molecule has 4 heteroatoms. The summed E-state index contributed by atoms with van der Waals surface area (Å²) in [5.74, 6) is 0.128. The largest absolute Gasteiger partial charge is 0.478 e. The molecule has 0 aromatic heterocycles. The number of rotatable bonds is 1. The van der Waals surface area contributed by atoms with E-state index in [-0.39, 0.29) is 12.4 Å². The quantitative estimate of drug-likeness (QED) is 0.636. The van der Waals surface area contributed by atoms with Crippen molar-refractivity contribution in [3.8, 4) is 11.5 Å². The number of ether oxygens (including phenoxy) is 2. The molecule has 0 spiro atoms. The molecule has 12 heavy (non-hydrogen) atoms. The SMILES string of the molecule is O=[13C](O)c1ccc2c(c1)OCO2. The lowest BCUT2D eigenvalue weighted by atomic mass is 10.2. The predicted octanol–water partition coefficient (Wildman–Crippen LogP) is 1.11. The van der Waals surface area contributed by atoms with Gasteiger partial charge < -0.3 is 14.6 Å². The number of fused-ring (bicyclic) bond motifs is 1. The number of aromatic carboxylic acids is 1. The third-order valence-corrected chi connectivity index (χ3v) is 1.62. The number of carboxylic acids is 1. The molecule has 0 saturated carbocycles. The van der Waals surface area contributed by atoms with E-state index in [2.05, 4.69) is 0 Å². The molecule has 0 saturated heterocycles. The highest BCUT2D eigenvalue weighted by Gasteiger charge is 2.15. The molecule has 0 amide bonds. The van der Waals surface area contributed by atoms with Crippen LogP contribution in [0, 0.1) is 0 Å². The van der Waals surface area contributed by atoms with Crippen LogP contribution in [0.1, 0.15) is 10.4 Å². The molecular weight excluding hydrogens is 161 g/mol. The van der Waals surface area contributed by atoms with Crippen LogP contribution in [0.5, 0.6) is 11.5 Å². The van der Waals surface area contributed by atoms with Crippen molar-refractivity contribution in [2.75, 3.05) is 6.79 Å². The van der Waals surface area contributed by atoms with Crippen molar-refractivity contribution in [3.05, 3.63) is 23.8 Å². The Bertz CT molecular complexity index is 332. The molecule has 1 heterocycles. The first-order valence-electron chi connectivity index (χ1n) is 3.40. The Morgan fingerprint density at radius 2 is 2.08 bits per heavy atom. The average molecular weight is 167 g/mol. The lowest BCUT2D eigenvalue weighted by Crippen LogP contribution is -1.95. The van der Waals surface area contributed by atoms with Crippen molar-refractivity contribution >= 4 is 5.97 Å². The normalized spacial score (nSPS) is 13.0. The van der Waals surface area contributed by atoms with Crippen LogP contribution < -0.4 is 9.47 Å². The van der Waals surface area contributed by atoms with Gasteiger partial charge in [-0.2, -0.15) is 0 Å². The first-order valence-corrected chi connectivity index (χ1v) is 3.40. The maximum absolute atomic E-state index is 10.5. The zero-order valence-electron chi connectivity index (χ0n) is 6.11. The summed E-state index contributed by atoms with van der Waals surface area (Å²) in [6.45, 7) is 0.165. The average Bonchev–Trinajstić information content (AvgIpc) is 2.49. The predicted molar refractivity (Wildman–Crippen MR) is 39.5 cm³/mol. The van der Waals surface area contributed by atoms with Crippen molar-refractivity contribution in [2.45, 2.75) is 0 Å². The van der Waals surface area contributed by atoms with Crippen LogP contribution in [-0.4, -0.2) is 17.9 Å². The Kier molecular flexibility index (Phi) is 1.40. The van der Waals surface area contributed by atoms with Gasteiger partial charge >= 0.3 is 5.97 Å². The van der Waals surface area contributed by atoms with E-state index in [1.165, 1.54) is 12.1 Å². The van der Waals surface area contributed by atoms with E-state index >= 15 is 0 Å². The molecule has 1 N–H and O–H groups in total. The number of hydrogen-bond acceptors (Lipinski definition) is 3. The van der Waals surface area contributed by atoms with Gasteiger partial charge in [0.2, 0.25) is 6.79 Å². The summed E-state index contributed by atoms with van der Waals surface area (Å²) in [6.07, 6.45) is 0. The first kappa shape index (κ1) is 6.97. The highest BCUT2D eigenvalue weighted by Crippen LogP contribution is 2.32. The Morgan fingerprint density at radius 3 is 2.83 bits per heavy atom. The number of hydrogen-bond donors (Lipinski definition) is 1. The minimum Gasteiger partial charge on any atom is -0.478 e. The molecule has 0 atom stereocenters. The molecule has 1 aliphatic rings. The van der Waals surface area contributed by atoms with E-state index in [0.29, 0.717) is 11.5 Å². The molecule has 1 aromatic carbocycles. The van der Waals surface area contributed by atoms with E-state index in [1.54, 1.807) is 6.07 Å². The van der Waals surface area contributed by atoms with Crippen molar-refractivity contribution in [2.24, 2.45) is 0 Å².